The first-order valence-electron chi connectivity index (χ1n) is 9.52. The summed E-state index contributed by atoms with van der Waals surface area (Å²) >= 11 is 5.87. The number of hydrogen-bond acceptors (Lipinski definition) is 3. The van der Waals surface area contributed by atoms with Crippen molar-refractivity contribution in [1.82, 2.24) is 4.72 Å². The summed E-state index contributed by atoms with van der Waals surface area (Å²) in [6.45, 7) is 4.49. The zero-order valence-electron chi connectivity index (χ0n) is 16.5. The van der Waals surface area contributed by atoms with E-state index < -0.39 is 10.0 Å². The van der Waals surface area contributed by atoms with E-state index in [1.807, 2.05) is 48.5 Å². The lowest BCUT2D eigenvalue weighted by molar-refractivity contribution is 0.576. The normalized spacial score (nSPS) is 12.7. The summed E-state index contributed by atoms with van der Waals surface area (Å²) in [6, 6.07) is 23.9. The quantitative estimate of drug-likeness (QED) is 0.491. The van der Waals surface area contributed by atoms with Crippen LogP contribution < -0.4 is 10.0 Å². The van der Waals surface area contributed by atoms with Gasteiger partial charge in [0.25, 0.3) is 0 Å². The van der Waals surface area contributed by atoms with Crippen LogP contribution in [0.4, 0.5) is 5.69 Å². The van der Waals surface area contributed by atoms with Gasteiger partial charge in [-0.05, 0) is 47.4 Å². The molecule has 1 atom stereocenters. The summed E-state index contributed by atoms with van der Waals surface area (Å²) in [7, 11) is -3.65. The molecule has 1 unspecified atom stereocenters. The van der Waals surface area contributed by atoms with E-state index in [9.17, 15) is 8.42 Å². The van der Waals surface area contributed by atoms with Crippen LogP contribution in [0.1, 0.15) is 36.9 Å². The molecule has 29 heavy (non-hydrogen) atoms. The van der Waals surface area contributed by atoms with E-state index in [0.717, 1.165) is 11.3 Å². The van der Waals surface area contributed by atoms with Gasteiger partial charge in [0, 0.05) is 17.3 Å². The molecule has 6 heteroatoms. The number of rotatable bonds is 8. The Labute approximate surface area is 178 Å². The van der Waals surface area contributed by atoms with Gasteiger partial charge in [0.1, 0.15) is 0 Å². The van der Waals surface area contributed by atoms with Crippen LogP contribution in [0, 0.1) is 0 Å². The zero-order valence-corrected chi connectivity index (χ0v) is 18.0. The second kappa shape index (κ2) is 9.44. The van der Waals surface area contributed by atoms with Crippen LogP contribution in [0.2, 0.25) is 5.02 Å². The molecule has 0 aliphatic rings. The van der Waals surface area contributed by atoms with Crippen molar-refractivity contribution < 1.29 is 8.42 Å². The van der Waals surface area contributed by atoms with E-state index in [-0.39, 0.29) is 17.5 Å². The number of sulfonamides is 1. The molecule has 4 nitrogen and oxygen atoms in total. The predicted octanol–water partition coefficient (Wildman–Crippen LogP) is 5.60. The highest BCUT2D eigenvalue weighted by Crippen LogP contribution is 2.28. The van der Waals surface area contributed by atoms with E-state index in [1.54, 1.807) is 12.1 Å². The first-order chi connectivity index (χ1) is 13.9. The van der Waals surface area contributed by atoms with E-state index in [0.29, 0.717) is 10.9 Å². The monoisotopic (exact) mass is 428 g/mol. The molecule has 0 amide bonds. The van der Waals surface area contributed by atoms with Gasteiger partial charge in [0.05, 0.1) is 10.9 Å². The van der Waals surface area contributed by atoms with E-state index in [1.165, 1.54) is 17.7 Å². The van der Waals surface area contributed by atoms with Gasteiger partial charge >= 0.3 is 0 Å². The van der Waals surface area contributed by atoms with Gasteiger partial charge in [-0.3, -0.25) is 0 Å². The Kier molecular flexibility index (Phi) is 6.96. The molecule has 2 N–H and O–H groups in total. The highest BCUT2D eigenvalue weighted by molar-refractivity contribution is 7.89. The summed E-state index contributed by atoms with van der Waals surface area (Å²) in [5, 5.41) is 4.03. The second-order valence-electron chi connectivity index (χ2n) is 7.16. The molecule has 0 heterocycles. The van der Waals surface area contributed by atoms with E-state index in [4.69, 9.17) is 11.6 Å². The number of para-hydroxylation sites is 1. The molecule has 0 saturated carbocycles. The Morgan fingerprint density at radius 1 is 0.862 bits per heavy atom. The fourth-order valence-corrected chi connectivity index (χ4v) is 4.32. The van der Waals surface area contributed by atoms with Gasteiger partial charge in [-0.15, -0.1) is 0 Å². The van der Waals surface area contributed by atoms with Crippen LogP contribution in [-0.4, -0.2) is 15.0 Å². The zero-order chi connectivity index (χ0) is 20.9. The van der Waals surface area contributed by atoms with Crippen molar-refractivity contribution in [2.24, 2.45) is 0 Å². The van der Waals surface area contributed by atoms with Gasteiger partial charge in [-0.2, -0.15) is 0 Å². The molecule has 0 saturated heterocycles. The summed E-state index contributed by atoms with van der Waals surface area (Å²) in [4.78, 5) is 0.191. The highest BCUT2D eigenvalue weighted by Gasteiger charge is 2.19. The number of hydrogen-bond donors (Lipinski definition) is 2. The average Bonchev–Trinajstić information content (AvgIpc) is 2.72. The lowest BCUT2D eigenvalue weighted by Gasteiger charge is -2.24. The Balaban J connectivity index is 1.85. The maximum absolute atomic E-state index is 12.7. The minimum Gasteiger partial charge on any atom is -0.377 e. The van der Waals surface area contributed by atoms with Crippen molar-refractivity contribution in [2.45, 2.75) is 30.7 Å². The Morgan fingerprint density at radius 3 is 2.14 bits per heavy atom. The first-order valence-corrected chi connectivity index (χ1v) is 11.4. The fourth-order valence-electron chi connectivity index (χ4n) is 3.15. The predicted molar refractivity (Wildman–Crippen MR) is 120 cm³/mol. The van der Waals surface area contributed by atoms with Crippen molar-refractivity contribution in [3.05, 3.63) is 95.0 Å². The number of anilines is 1. The summed E-state index contributed by atoms with van der Waals surface area (Å²) in [6.07, 6.45) is 0. The molecule has 0 aliphatic heterocycles. The third kappa shape index (κ3) is 5.60. The molecule has 0 aromatic heterocycles. The Bertz CT molecular complexity index is 1040. The lowest BCUT2D eigenvalue weighted by atomic mass is 9.99. The summed E-state index contributed by atoms with van der Waals surface area (Å²) in [5.41, 5.74) is 3.20. The van der Waals surface area contributed by atoms with Crippen molar-refractivity contribution >= 4 is 27.3 Å². The third-order valence-electron chi connectivity index (χ3n) is 4.72. The topological polar surface area (TPSA) is 58.2 Å². The van der Waals surface area contributed by atoms with Crippen LogP contribution in [0.25, 0.3) is 0 Å². The van der Waals surface area contributed by atoms with Crippen molar-refractivity contribution in [3.63, 3.8) is 0 Å². The van der Waals surface area contributed by atoms with Gasteiger partial charge in [-0.1, -0.05) is 74.0 Å². The van der Waals surface area contributed by atoms with Crippen molar-refractivity contribution in [3.8, 4) is 0 Å². The van der Waals surface area contributed by atoms with Crippen LogP contribution in [-0.2, 0) is 10.0 Å². The first kappa shape index (κ1) is 21.4. The lowest BCUT2D eigenvalue weighted by Crippen LogP contribution is -2.31. The molecule has 3 rings (SSSR count). The van der Waals surface area contributed by atoms with Crippen molar-refractivity contribution in [1.29, 1.82) is 0 Å². The Morgan fingerprint density at radius 2 is 1.48 bits per heavy atom. The molecular formula is C23H25ClN2O2S. The maximum atomic E-state index is 12.7. The van der Waals surface area contributed by atoms with E-state index >= 15 is 0 Å². The number of nitrogens with one attached hydrogen (secondary N) is 2. The minimum absolute atomic E-state index is 0.191. The molecule has 3 aromatic rings. The fraction of sp³-hybridized carbons (Fsp3) is 0.217. The van der Waals surface area contributed by atoms with Gasteiger partial charge in [0.2, 0.25) is 10.0 Å². The Hall–Kier alpha value is -2.34. The average molecular weight is 429 g/mol. The third-order valence-corrected chi connectivity index (χ3v) is 6.41. The highest BCUT2D eigenvalue weighted by atomic mass is 35.5. The van der Waals surface area contributed by atoms with Gasteiger partial charge in [-0.25, -0.2) is 13.1 Å². The molecule has 0 bridgehead atoms. The molecule has 152 valence electrons. The largest absolute Gasteiger partial charge is 0.377 e. The van der Waals surface area contributed by atoms with Crippen LogP contribution in [0.3, 0.4) is 0 Å². The SMILES string of the molecule is CC(C)c1ccccc1NC(CNS(=O)(=O)c1ccc(Cl)cc1)c1ccccc1. The van der Waals surface area contributed by atoms with Gasteiger partial charge in [0.15, 0.2) is 0 Å². The van der Waals surface area contributed by atoms with Crippen LogP contribution in [0.5, 0.6) is 0 Å². The number of benzene rings is 3. The number of halogens is 1. The smallest absolute Gasteiger partial charge is 0.240 e. The van der Waals surface area contributed by atoms with Gasteiger partial charge < -0.3 is 5.32 Å². The molecule has 3 aromatic carbocycles. The van der Waals surface area contributed by atoms with Crippen LogP contribution >= 0.6 is 11.6 Å². The molecular weight excluding hydrogens is 404 g/mol. The second-order valence-corrected chi connectivity index (χ2v) is 9.36. The molecule has 0 radical (unpaired) electrons. The summed E-state index contributed by atoms with van der Waals surface area (Å²) in [5.74, 6) is 0.348. The van der Waals surface area contributed by atoms with E-state index in [2.05, 4.69) is 30.0 Å². The standard InChI is InChI=1S/C23H25ClN2O2S/c1-17(2)21-10-6-7-11-22(21)26-23(18-8-4-3-5-9-18)16-25-29(27,28)20-14-12-19(24)13-15-20/h3-15,17,23,25-26H,16H2,1-2H3. The summed E-state index contributed by atoms with van der Waals surface area (Å²) < 4.78 is 28.2. The van der Waals surface area contributed by atoms with Crippen molar-refractivity contribution in [2.75, 3.05) is 11.9 Å². The molecule has 0 spiro atoms. The maximum Gasteiger partial charge on any atom is 0.240 e. The molecule has 0 fully saturated rings. The minimum atomic E-state index is -3.65. The van der Waals surface area contributed by atoms with Crippen LogP contribution in [0.15, 0.2) is 83.8 Å². The molecule has 0 aliphatic carbocycles.